The van der Waals surface area contributed by atoms with Crippen molar-refractivity contribution in [2.24, 2.45) is 0 Å². The number of piperidine rings is 1. The van der Waals surface area contributed by atoms with Crippen molar-refractivity contribution >= 4 is 70.0 Å². The van der Waals surface area contributed by atoms with Crippen molar-refractivity contribution in [3.05, 3.63) is 58.9 Å². The minimum absolute atomic E-state index is 0.0264. The Hall–Kier alpha value is -6.76. The number of carbonyl (C=O) groups excluding carboxylic acids is 3. The summed E-state index contributed by atoms with van der Waals surface area (Å²) in [5.41, 5.74) is 5.20. The van der Waals surface area contributed by atoms with E-state index < -0.39 is 5.97 Å². The van der Waals surface area contributed by atoms with Crippen molar-refractivity contribution in [3.8, 4) is 11.5 Å². The first-order valence-corrected chi connectivity index (χ1v) is 23.3. The fraction of sp³-hybridized carbons (Fsp3) is 0.500. The van der Waals surface area contributed by atoms with Crippen LogP contribution in [0.25, 0.3) is 0 Å². The van der Waals surface area contributed by atoms with Gasteiger partial charge in [0.1, 0.15) is 35.0 Å². The molecule has 2 atom stereocenters. The van der Waals surface area contributed by atoms with Gasteiger partial charge in [0.15, 0.2) is 11.6 Å². The van der Waals surface area contributed by atoms with Gasteiger partial charge < -0.3 is 55.0 Å². The summed E-state index contributed by atoms with van der Waals surface area (Å²) in [7, 11) is 5.62. The lowest BCUT2D eigenvalue weighted by Gasteiger charge is -2.42. The van der Waals surface area contributed by atoms with Gasteiger partial charge in [-0.2, -0.15) is 9.97 Å². The summed E-state index contributed by atoms with van der Waals surface area (Å²) >= 11 is 0. The highest BCUT2D eigenvalue weighted by Crippen LogP contribution is 2.42. The van der Waals surface area contributed by atoms with Crippen molar-refractivity contribution in [2.45, 2.75) is 110 Å². The summed E-state index contributed by atoms with van der Waals surface area (Å²) < 4.78 is 11.7. The fourth-order valence-electron chi connectivity index (χ4n) is 9.73. The zero-order chi connectivity index (χ0) is 47.8. The monoisotopic (exact) mass is 918 g/mol. The largest absolute Gasteiger partial charge is 0.491 e. The predicted molar refractivity (Wildman–Crippen MR) is 257 cm³/mol. The number of benzene rings is 2. The van der Waals surface area contributed by atoms with E-state index in [9.17, 15) is 24.3 Å². The summed E-state index contributed by atoms with van der Waals surface area (Å²) in [6.07, 6.45) is 7.83. The highest BCUT2D eigenvalue weighted by atomic mass is 16.5. The molecule has 7 heterocycles. The fourth-order valence-corrected chi connectivity index (χ4v) is 9.73. The molecule has 9 rings (SSSR count). The number of rotatable bonds is 11. The van der Waals surface area contributed by atoms with Crippen LogP contribution < -0.4 is 45.0 Å². The van der Waals surface area contributed by atoms with Crippen molar-refractivity contribution < 1.29 is 33.8 Å². The molecular formula is C48H62N12O7. The number of amides is 3. The third-order valence-electron chi connectivity index (χ3n) is 13.2. The number of ether oxygens (including phenoxy) is 2. The second kappa shape index (κ2) is 19.2. The van der Waals surface area contributed by atoms with E-state index in [-0.39, 0.29) is 53.5 Å². The number of carbonyl (C=O) groups is 4. The zero-order valence-electron chi connectivity index (χ0n) is 39.8. The standard InChI is InChI=1S/C27H37N7O3.C21H25N5O4/c1-6-21-26(36)33(5)22-15-28-27(31-24(22)34(21)16(2)3)30-20-8-7-19(18-11-14-37-23(18)20)25(35)29-17-9-12-32(4)13-10-17;1-5-15-19(27)25(4)16-10-22-21(24-18(16)26(15)11(2)3)23-14-7-6-13(20(28)29)12-8-9-30-17(12)14/h7-8,15-17,21H,6,9-14H2,1-5H3,(H,29,35)(H,28,30,31);6-7,10-11,15H,5,8-9H2,1-4H3,(H,28,29)(H,22,23,24)/t21-;15-/m11/s1. The first kappa shape index (κ1) is 46.8. The quantitative estimate of drug-likeness (QED) is 0.141. The Morgan fingerprint density at radius 2 is 1.16 bits per heavy atom. The van der Waals surface area contributed by atoms with Crippen LogP contribution in [-0.4, -0.2) is 131 Å². The van der Waals surface area contributed by atoms with Crippen molar-refractivity contribution in [2.75, 3.05) is 77.7 Å². The number of hydrogen-bond donors (Lipinski definition) is 4. The van der Waals surface area contributed by atoms with Crippen LogP contribution in [0.15, 0.2) is 36.7 Å². The number of anilines is 8. The molecule has 67 heavy (non-hydrogen) atoms. The van der Waals surface area contributed by atoms with E-state index in [0.717, 1.165) is 43.0 Å². The second-order valence-corrected chi connectivity index (χ2v) is 18.2. The SMILES string of the molecule is CC[C@@H]1C(=O)N(C)c2cnc(Nc3ccc(C(=O)NC4CCN(C)CC4)c4c3OCC4)nc2N1C(C)C.CC[C@@H]1C(=O)N(C)c2cnc(Nc3ccc(C(=O)O)c4c3OCC4)nc2N1C(C)C. The van der Waals surface area contributed by atoms with Gasteiger partial charge in [-0.3, -0.25) is 14.4 Å². The number of aromatic carboxylic acids is 1. The number of nitrogens with one attached hydrogen (secondary N) is 3. The van der Waals surface area contributed by atoms with Crippen molar-refractivity contribution in [1.29, 1.82) is 0 Å². The molecule has 2 aromatic heterocycles. The Morgan fingerprint density at radius 3 is 1.60 bits per heavy atom. The lowest BCUT2D eigenvalue weighted by Crippen LogP contribution is -2.54. The molecule has 4 aromatic rings. The summed E-state index contributed by atoms with van der Waals surface area (Å²) in [4.78, 5) is 78.4. The second-order valence-electron chi connectivity index (χ2n) is 18.2. The minimum Gasteiger partial charge on any atom is -0.491 e. The van der Waals surface area contributed by atoms with Gasteiger partial charge in [0.05, 0.1) is 42.5 Å². The number of carboxylic acids is 1. The van der Waals surface area contributed by atoms with E-state index >= 15 is 0 Å². The number of aromatic nitrogens is 4. The van der Waals surface area contributed by atoms with Gasteiger partial charge >= 0.3 is 5.97 Å². The molecule has 0 unspecified atom stereocenters. The van der Waals surface area contributed by atoms with Gasteiger partial charge in [-0.05, 0) is 97.8 Å². The molecule has 0 aliphatic carbocycles. The Balaban J connectivity index is 0.000000186. The third kappa shape index (κ3) is 8.95. The average molecular weight is 919 g/mol. The first-order chi connectivity index (χ1) is 32.1. The van der Waals surface area contributed by atoms with Gasteiger partial charge in [0.2, 0.25) is 23.7 Å². The molecule has 19 heteroatoms. The summed E-state index contributed by atoms with van der Waals surface area (Å²) in [6.45, 7) is 15.2. The van der Waals surface area contributed by atoms with Gasteiger partial charge in [0, 0.05) is 61.8 Å². The molecule has 0 bridgehead atoms. The molecule has 0 saturated carbocycles. The zero-order valence-corrected chi connectivity index (χ0v) is 39.8. The van der Waals surface area contributed by atoms with Crippen LogP contribution in [0.5, 0.6) is 11.5 Å². The lowest BCUT2D eigenvalue weighted by molar-refractivity contribution is -0.120. The van der Waals surface area contributed by atoms with Gasteiger partial charge in [0.25, 0.3) is 5.91 Å². The molecule has 0 radical (unpaired) electrons. The lowest BCUT2D eigenvalue weighted by atomic mass is 10.0. The van der Waals surface area contributed by atoms with Crippen LogP contribution >= 0.6 is 0 Å². The molecule has 1 saturated heterocycles. The Labute approximate surface area is 391 Å². The van der Waals surface area contributed by atoms with E-state index in [0.29, 0.717) is 96.3 Å². The Bertz CT molecular complexity index is 2560. The molecule has 3 amide bonds. The van der Waals surface area contributed by atoms with E-state index in [1.807, 2.05) is 44.7 Å². The van der Waals surface area contributed by atoms with Crippen molar-refractivity contribution in [1.82, 2.24) is 30.2 Å². The topological polar surface area (TPSA) is 211 Å². The molecule has 356 valence electrons. The van der Waals surface area contributed by atoms with E-state index in [1.54, 1.807) is 48.4 Å². The van der Waals surface area contributed by atoms with Crippen LogP contribution in [-0.2, 0) is 22.4 Å². The minimum atomic E-state index is -0.973. The highest BCUT2D eigenvalue weighted by Gasteiger charge is 2.40. The summed E-state index contributed by atoms with van der Waals surface area (Å²) in [5, 5.41) is 19.1. The van der Waals surface area contributed by atoms with Crippen LogP contribution in [0.3, 0.4) is 0 Å². The molecular weight excluding hydrogens is 857 g/mol. The normalized spacial score (nSPS) is 19.0. The van der Waals surface area contributed by atoms with Crippen molar-refractivity contribution in [3.63, 3.8) is 0 Å². The molecule has 4 N–H and O–H groups in total. The Morgan fingerprint density at radius 1 is 0.716 bits per heavy atom. The third-order valence-corrected chi connectivity index (χ3v) is 13.2. The Kier molecular flexibility index (Phi) is 13.4. The van der Waals surface area contributed by atoms with E-state index in [1.165, 1.54) is 0 Å². The van der Waals surface area contributed by atoms with Crippen LogP contribution in [0.1, 0.15) is 99.1 Å². The number of fused-ring (bicyclic) bond motifs is 4. The molecule has 5 aliphatic rings. The highest BCUT2D eigenvalue weighted by molar-refractivity contribution is 6.05. The summed E-state index contributed by atoms with van der Waals surface area (Å²) in [6, 6.07) is 6.78. The van der Waals surface area contributed by atoms with Crippen LogP contribution in [0.4, 0.5) is 46.3 Å². The molecule has 0 spiro atoms. The summed E-state index contributed by atoms with van der Waals surface area (Å²) in [5.74, 6) is 2.46. The van der Waals surface area contributed by atoms with Gasteiger partial charge in [-0.1, -0.05) is 13.8 Å². The van der Waals surface area contributed by atoms with Crippen LogP contribution in [0, 0.1) is 0 Å². The number of nitrogens with zero attached hydrogens (tertiary/aromatic N) is 9. The first-order valence-electron chi connectivity index (χ1n) is 23.3. The van der Waals surface area contributed by atoms with Crippen LogP contribution in [0.2, 0.25) is 0 Å². The number of carboxylic acid groups (broad SMARTS) is 1. The molecule has 2 aromatic carbocycles. The number of likely N-dealkylation sites (tertiary alicyclic amines) is 1. The molecule has 5 aliphatic heterocycles. The molecule has 19 nitrogen and oxygen atoms in total. The van der Waals surface area contributed by atoms with E-state index in [2.05, 4.69) is 56.6 Å². The number of likely N-dealkylation sites (N-methyl/N-ethyl adjacent to an activating group) is 2. The maximum atomic E-state index is 13.1. The smallest absolute Gasteiger partial charge is 0.336 e. The maximum absolute atomic E-state index is 13.1. The molecule has 1 fully saturated rings. The van der Waals surface area contributed by atoms with Gasteiger partial charge in [-0.15, -0.1) is 0 Å². The average Bonchev–Trinajstić information content (AvgIpc) is 4.01. The van der Waals surface area contributed by atoms with E-state index in [4.69, 9.17) is 19.4 Å². The predicted octanol–water partition coefficient (Wildman–Crippen LogP) is 5.77. The number of hydrogen-bond acceptors (Lipinski definition) is 15. The maximum Gasteiger partial charge on any atom is 0.336 e. The van der Waals surface area contributed by atoms with Gasteiger partial charge in [-0.25, -0.2) is 14.8 Å².